The first-order valence-electron chi connectivity index (χ1n) is 7.59. The SMILES string of the molecule is COC(=O)Cc1c(O)cc(O)cc1OC(=O)c1cc(OC)c(O)c(OC)c1. The maximum Gasteiger partial charge on any atom is 0.343 e. The van der Waals surface area contributed by atoms with E-state index in [9.17, 15) is 24.9 Å². The Morgan fingerprint density at radius 2 is 1.48 bits per heavy atom. The van der Waals surface area contributed by atoms with Crippen molar-refractivity contribution in [1.82, 2.24) is 0 Å². The minimum Gasteiger partial charge on any atom is -0.508 e. The van der Waals surface area contributed by atoms with Gasteiger partial charge in [-0.15, -0.1) is 0 Å². The Morgan fingerprint density at radius 1 is 0.889 bits per heavy atom. The molecule has 0 aliphatic carbocycles. The van der Waals surface area contributed by atoms with Crippen LogP contribution < -0.4 is 14.2 Å². The number of aromatic hydroxyl groups is 3. The van der Waals surface area contributed by atoms with E-state index < -0.39 is 17.7 Å². The number of carbonyl (C=O) groups is 2. The molecule has 0 amide bonds. The van der Waals surface area contributed by atoms with Gasteiger partial charge in [0.2, 0.25) is 5.75 Å². The van der Waals surface area contributed by atoms with Gasteiger partial charge in [-0.05, 0) is 12.1 Å². The van der Waals surface area contributed by atoms with E-state index in [-0.39, 0.29) is 46.3 Å². The highest BCUT2D eigenvalue weighted by molar-refractivity contribution is 5.93. The molecule has 0 bridgehead atoms. The summed E-state index contributed by atoms with van der Waals surface area (Å²) in [7, 11) is 3.76. The smallest absolute Gasteiger partial charge is 0.343 e. The first kappa shape index (κ1) is 19.7. The van der Waals surface area contributed by atoms with Gasteiger partial charge >= 0.3 is 11.9 Å². The third-order valence-electron chi connectivity index (χ3n) is 3.64. The second kappa shape index (κ2) is 8.17. The van der Waals surface area contributed by atoms with Gasteiger partial charge in [-0.25, -0.2) is 4.79 Å². The molecule has 0 unspecified atom stereocenters. The van der Waals surface area contributed by atoms with Crippen molar-refractivity contribution >= 4 is 11.9 Å². The van der Waals surface area contributed by atoms with Gasteiger partial charge in [-0.2, -0.15) is 0 Å². The zero-order chi connectivity index (χ0) is 20.1. The zero-order valence-corrected chi connectivity index (χ0v) is 14.8. The first-order valence-corrected chi connectivity index (χ1v) is 7.59. The molecule has 9 heteroatoms. The zero-order valence-electron chi connectivity index (χ0n) is 14.8. The summed E-state index contributed by atoms with van der Waals surface area (Å²) in [5.74, 6) is -2.95. The molecule has 0 fully saturated rings. The van der Waals surface area contributed by atoms with Gasteiger partial charge in [0.1, 0.15) is 17.2 Å². The van der Waals surface area contributed by atoms with Crippen molar-refractivity contribution in [3.05, 3.63) is 35.4 Å². The molecule has 0 aromatic heterocycles. The molecule has 9 nitrogen and oxygen atoms in total. The second-order valence-electron chi connectivity index (χ2n) is 5.31. The molecule has 3 N–H and O–H groups in total. The number of ether oxygens (including phenoxy) is 4. The van der Waals surface area contributed by atoms with Gasteiger partial charge in [0, 0.05) is 17.7 Å². The van der Waals surface area contributed by atoms with Crippen molar-refractivity contribution in [2.24, 2.45) is 0 Å². The van der Waals surface area contributed by atoms with E-state index in [1.165, 1.54) is 33.5 Å². The number of phenols is 3. The van der Waals surface area contributed by atoms with Crippen LogP contribution in [0.5, 0.6) is 34.5 Å². The van der Waals surface area contributed by atoms with Crippen LogP contribution >= 0.6 is 0 Å². The summed E-state index contributed by atoms with van der Waals surface area (Å²) >= 11 is 0. The third-order valence-corrected chi connectivity index (χ3v) is 3.64. The lowest BCUT2D eigenvalue weighted by Crippen LogP contribution is -2.12. The Kier molecular flexibility index (Phi) is 5.96. The van der Waals surface area contributed by atoms with Crippen molar-refractivity contribution in [3.8, 4) is 34.5 Å². The van der Waals surface area contributed by atoms with E-state index in [4.69, 9.17) is 14.2 Å². The molecular formula is C18H18O9. The summed E-state index contributed by atoms with van der Waals surface area (Å²) < 4.78 is 19.7. The number of esters is 2. The van der Waals surface area contributed by atoms with Crippen molar-refractivity contribution in [1.29, 1.82) is 0 Å². The molecule has 0 atom stereocenters. The minimum absolute atomic E-state index is 0.0187. The molecule has 0 spiro atoms. The Labute approximate surface area is 154 Å². The molecule has 0 saturated carbocycles. The number of hydrogen-bond acceptors (Lipinski definition) is 9. The lowest BCUT2D eigenvalue weighted by molar-refractivity contribution is -0.139. The third kappa shape index (κ3) is 4.32. The normalized spacial score (nSPS) is 10.2. The summed E-state index contributed by atoms with van der Waals surface area (Å²) in [4.78, 5) is 24.0. The summed E-state index contributed by atoms with van der Waals surface area (Å²) in [6.07, 6.45) is -0.382. The van der Waals surface area contributed by atoms with Gasteiger partial charge in [0.25, 0.3) is 0 Å². The summed E-state index contributed by atoms with van der Waals surface area (Å²) in [5.41, 5.74) is -0.0703. The van der Waals surface area contributed by atoms with Gasteiger partial charge in [0.05, 0.1) is 33.3 Å². The van der Waals surface area contributed by atoms with Crippen LogP contribution in [0.25, 0.3) is 0 Å². The average Bonchev–Trinajstić information content (AvgIpc) is 2.64. The number of benzene rings is 2. The minimum atomic E-state index is -0.900. The van der Waals surface area contributed by atoms with Crippen molar-refractivity contribution in [2.45, 2.75) is 6.42 Å². The second-order valence-corrected chi connectivity index (χ2v) is 5.31. The monoisotopic (exact) mass is 378 g/mol. The van der Waals surface area contributed by atoms with Crippen LogP contribution in [0.2, 0.25) is 0 Å². The summed E-state index contributed by atoms with van der Waals surface area (Å²) in [6, 6.07) is 4.53. The van der Waals surface area contributed by atoms with E-state index in [1.807, 2.05) is 0 Å². The number of rotatable bonds is 6. The van der Waals surface area contributed by atoms with E-state index in [2.05, 4.69) is 4.74 Å². The van der Waals surface area contributed by atoms with E-state index in [0.717, 1.165) is 12.1 Å². The highest BCUT2D eigenvalue weighted by Gasteiger charge is 2.21. The van der Waals surface area contributed by atoms with Crippen LogP contribution in [0.4, 0.5) is 0 Å². The van der Waals surface area contributed by atoms with Gasteiger partial charge < -0.3 is 34.3 Å². The van der Waals surface area contributed by atoms with E-state index in [1.54, 1.807) is 0 Å². The van der Waals surface area contributed by atoms with Crippen LogP contribution in [-0.4, -0.2) is 48.6 Å². The Bertz CT molecular complexity index is 848. The molecule has 0 aliphatic rings. The van der Waals surface area contributed by atoms with Crippen molar-refractivity contribution in [3.63, 3.8) is 0 Å². The highest BCUT2D eigenvalue weighted by Crippen LogP contribution is 2.38. The predicted octanol–water partition coefficient (Wildman–Crippen LogP) is 1.76. The molecule has 0 aliphatic heterocycles. The van der Waals surface area contributed by atoms with Gasteiger partial charge in [-0.3, -0.25) is 4.79 Å². The lowest BCUT2D eigenvalue weighted by Gasteiger charge is -2.13. The molecule has 2 aromatic rings. The van der Waals surface area contributed by atoms with Crippen LogP contribution in [-0.2, 0) is 16.0 Å². The number of hydrogen-bond donors (Lipinski definition) is 3. The molecule has 27 heavy (non-hydrogen) atoms. The van der Waals surface area contributed by atoms with Crippen LogP contribution in [0.1, 0.15) is 15.9 Å². The first-order chi connectivity index (χ1) is 12.8. The van der Waals surface area contributed by atoms with E-state index >= 15 is 0 Å². The number of phenolic OH excluding ortho intramolecular Hbond substituents is 3. The summed E-state index contributed by atoms with van der Waals surface area (Å²) in [6.45, 7) is 0. The van der Waals surface area contributed by atoms with Crippen molar-refractivity contribution < 1.29 is 43.9 Å². The fraction of sp³-hybridized carbons (Fsp3) is 0.222. The standard InChI is InChI=1S/C18H18O9/c1-24-14-4-9(5-15(25-2)17(14)22)18(23)27-13-7-10(19)6-12(20)11(13)8-16(21)26-3/h4-7,19-20,22H,8H2,1-3H3. The maximum atomic E-state index is 12.5. The largest absolute Gasteiger partial charge is 0.508 e. The van der Waals surface area contributed by atoms with Gasteiger partial charge in [-0.1, -0.05) is 0 Å². The highest BCUT2D eigenvalue weighted by atomic mass is 16.5. The predicted molar refractivity (Wildman–Crippen MR) is 91.7 cm³/mol. The fourth-order valence-corrected chi connectivity index (χ4v) is 2.27. The number of carbonyl (C=O) groups excluding carboxylic acids is 2. The topological polar surface area (TPSA) is 132 Å². The molecule has 0 heterocycles. The average molecular weight is 378 g/mol. The maximum absolute atomic E-state index is 12.5. The van der Waals surface area contributed by atoms with Crippen molar-refractivity contribution in [2.75, 3.05) is 21.3 Å². The quantitative estimate of drug-likeness (QED) is 0.508. The Balaban J connectivity index is 2.42. The van der Waals surface area contributed by atoms with Gasteiger partial charge in [0.15, 0.2) is 11.5 Å². The molecule has 144 valence electrons. The molecule has 2 aromatic carbocycles. The molecule has 0 radical (unpaired) electrons. The number of methoxy groups -OCH3 is 3. The van der Waals surface area contributed by atoms with Crippen LogP contribution in [0.3, 0.4) is 0 Å². The lowest BCUT2D eigenvalue weighted by atomic mass is 10.1. The van der Waals surface area contributed by atoms with E-state index in [0.29, 0.717) is 0 Å². The van der Waals surface area contributed by atoms with Crippen LogP contribution in [0, 0.1) is 0 Å². The van der Waals surface area contributed by atoms with Crippen LogP contribution in [0.15, 0.2) is 24.3 Å². The molecule has 2 rings (SSSR count). The summed E-state index contributed by atoms with van der Waals surface area (Å²) in [5, 5.41) is 29.5. The molecule has 0 saturated heterocycles. The Morgan fingerprint density at radius 3 is 2.00 bits per heavy atom. The Hall–Kier alpha value is -3.62. The molecular weight excluding hydrogens is 360 g/mol. The fourth-order valence-electron chi connectivity index (χ4n) is 2.27.